The number of nitrogens with zero attached hydrogens (tertiary/aromatic N) is 2. The Balaban J connectivity index is 1.48. The molecule has 29 heavy (non-hydrogen) atoms. The Morgan fingerprint density at radius 1 is 1.07 bits per heavy atom. The van der Waals surface area contributed by atoms with Gasteiger partial charge in [0.05, 0.1) is 0 Å². The summed E-state index contributed by atoms with van der Waals surface area (Å²) in [5.41, 5.74) is 1.45. The Hall–Kier alpha value is -2.15. The number of hydrogen-bond acceptors (Lipinski definition) is 4. The quantitative estimate of drug-likeness (QED) is 0.442. The molecule has 0 saturated carbocycles. The third-order valence-corrected chi connectivity index (χ3v) is 5.20. The highest BCUT2D eigenvalue weighted by atomic mass is 35.5. The maximum atomic E-state index is 12.3. The van der Waals surface area contributed by atoms with Gasteiger partial charge in [-0.25, -0.2) is 0 Å². The first-order valence-electron chi connectivity index (χ1n) is 9.08. The number of ketones is 1. The standard InChI is InChI=1S/C21H20Cl2F2N2O2/c22-17-4-1-16(19(23)13-17)14-27-11-9-26(10-12-27)8-7-20(28)15-2-5-18(6-3-15)29-21(24)25/h1-8,13,21H,9-12,14H2/b8-7+. The van der Waals surface area contributed by atoms with Crippen LogP contribution in [-0.2, 0) is 6.54 Å². The molecule has 2 aromatic rings. The lowest BCUT2D eigenvalue weighted by Gasteiger charge is -2.34. The third kappa shape index (κ3) is 6.42. The van der Waals surface area contributed by atoms with E-state index in [1.807, 2.05) is 12.1 Å². The zero-order chi connectivity index (χ0) is 20.8. The fourth-order valence-electron chi connectivity index (χ4n) is 3.03. The van der Waals surface area contributed by atoms with Crippen LogP contribution in [0.5, 0.6) is 5.75 Å². The van der Waals surface area contributed by atoms with E-state index in [0.717, 1.165) is 38.3 Å². The number of hydrogen-bond donors (Lipinski definition) is 0. The highest BCUT2D eigenvalue weighted by molar-refractivity contribution is 6.35. The molecule has 0 bridgehead atoms. The molecule has 0 N–H and O–H groups in total. The number of allylic oxidation sites excluding steroid dienone is 1. The van der Waals surface area contributed by atoms with Crippen LogP contribution in [-0.4, -0.2) is 48.4 Å². The first kappa shape index (κ1) is 21.6. The normalized spacial score (nSPS) is 15.3. The van der Waals surface area contributed by atoms with Crippen molar-refractivity contribution in [1.29, 1.82) is 0 Å². The Kier molecular flexibility index (Phi) is 7.47. The number of carbonyl (C=O) groups excluding carboxylic acids is 1. The largest absolute Gasteiger partial charge is 0.435 e. The van der Waals surface area contributed by atoms with Crippen molar-refractivity contribution >= 4 is 29.0 Å². The van der Waals surface area contributed by atoms with Gasteiger partial charge in [-0.3, -0.25) is 9.69 Å². The minimum Gasteiger partial charge on any atom is -0.435 e. The molecule has 0 amide bonds. The second-order valence-corrected chi connectivity index (χ2v) is 7.47. The summed E-state index contributed by atoms with van der Waals surface area (Å²) in [6.07, 6.45) is 3.27. The van der Waals surface area contributed by atoms with E-state index in [2.05, 4.69) is 14.5 Å². The predicted molar refractivity (Wildman–Crippen MR) is 110 cm³/mol. The minimum atomic E-state index is -2.88. The van der Waals surface area contributed by atoms with Gasteiger partial charge in [-0.15, -0.1) is 0 Å². The maximum absolute atomic E-state index is 12.3. The molecule has 0 aliphatic carbocycles. The van der Waals surface area contributed by atoms with Gasteiger partial charge in [0.1, 0.15) is 5.75 Å². The van der Waals surface area contributed by atoms with Crippen LogP contribution in [0.4, 0.5) is 8.78 Å². The van der Waals surface area contributed by atoms with Crippen molar-refractivity contribution in [3.8, 4) is 5.75 Å². The first-order chi connectivity index (χ1) is 13.9. The highest BCUT2D eigenvalue weighted by Gasteiger charge is 2.16. The fourth-order valence-corrected chi connectivity index (χ4v) is 3.50. The van der Waals surface area contributed by atoms with Crippen molar-refractivity contribution in [1.82, 2.24) is 9.80 Å². The number of rotatable bonds is 7. The van der Waals surface area contributed by atoms with Gasteiger partial charge in [0, 0.05) is 60.6 Å². The number of ether oxygens (including phenoxy) is 1. The van der Waals surface area contributed by atoms with Crippen LogP contribution in [0.2, 0.25) is 10.0 Å². The van der Waals surface area contributed by atoms with Gasteiger partial charge >= 0.3 is 6.61 Å². The van der Waals surface area contributed by atoms with E-state index in [1.54, 1.807) is 12.3 Å². The van der Waals surface area contributed by atoms with Gasteiger partial charge in [0.25, 0.3) is 0 Å². The Bertz CT molecular complexity index is 867. The lowest BCUT2D eigenvalue weighted by Crippen LogP contribution is -2.43. The van der Waals surface area contributed by atoms with Gasteiger partial charge in [-0.05, 0) is 42.0 Å². The number of alkyl halides is 2. The van der Waals surface area contributed by atoms with Gasteiger partial charge in [0.15, 0.2) is 5.78 Å². The summed E-state index contributed by atoms with van der Waals surface area (Å²) < 4.78 is 28.6. The summed E-state index contributed by atoms with van der Waals surface area (Å²) in [7, 11) is 0. The number of halogens is 4. The zero-order valence-electron chi connectivity index (χ0n) is 15.5. The van der Waals surface area contributed by atoms with Gasteiger partial charge in [0.2, 0.25) is 0 Å². The Morgan fingerprint density at radius 3 is 2.38 bits per heavy atom. The van der Waals surface area contributed by atoms with Crippen LogP contribution in [0.25, 0.3) is 0 Å². The van der Waals surface area contributed by atoms with Crippen LogP contribution >= 0.6 is 23.2 Å². The summed E-state index contributed by atoms with van der Waals surface area (Å²) >= 11 is 12.2. The molecule has 8 heteroatoms. The van der Waals surface area contributed by atoms with E-state index in [0.29, 0.717) is 15.6 Å². The van der Waals surface area contributed by atoms with Crippen molar-refractivity contribution in [2.45, 2.75) is 13.2 Å². The van der Waals surface area contributed by atoms with E-state index in [9.17, 15) is 13.6 Å². The monoisotopic (exact) mass is 440 g/mol. The summed E-state index contributed by atoms with van der Waals surface area (Å²) in [6, 6.07) is 11.2. The lowest BCUT2D eigenvalue weighted by atomic mass is 10.1. The lowest BCUT2D eigenvalue weighted by molar-refractivity contribution is -0.0498. The Labute approximate surface area is 178 Å². The van der Waals surface area contributed by atoms with E-state index >= 15 is 0 Å². The second kappa shape index (κ2) is 10.1. The molecule has 0 radical (unpaired) electrons. The average molecular weight is 441 g/mol. The van der Waals surface area contributed by atoms with Crippen LogP contribution < -0.4 is 4.74 Å². The average Bonchev–Trinajstić information content (AvgIpc) is 2.69. The summed E-state index contributed by atoms with van der Waals surface area (Å²) in [4.78, 5) is 16.6. The molecule has 0 aromatic heterocycles. The summed E-state index contributed by atoms with van der Waals surface area (Å²) in [5, 5.41) is 1.28. The molecule has 1 fully saturated rings. The minimum absolute atomic E-state index is 0.0254. The van der Waals surface area contributed by atoms with E-state index in [-0.39, 0.29) is 11.5 Å². The van der Waals surface area contributed by atoms with Gasteiger partial charge in [-0.2, -0.15) is 8.78 Å². The van der Waals surface area contributed by atoms with E-state index in [1.165, 1.54) is 30.3 Å². The van der Waals surface area contributed by atoms with Crippen molar-refractivity contribution in [2.75, 3.05) is 26.2 Å². The maximum Gasteiger partial charge on any atom is 0.387 e. The van der Waals surface area contributed by atoms with Gasteiger partial charge in [-0.1, -0.05) is 29.3 Å². The molecule has 1 aliphatic heterocycles. The molecule has 154 valence electrons. The molecular weight excluding hydrogens is 421 g/mol. The van der Waals surface area contributed by atoms with E-state index < -0.39 is 6.61 Å². The Morgan fingerprint density at radius 2 is 1.76 bits per heavy atom. The number of benzene rings is 2. The topological polar surface area (TPSA) is 32.8 Å². The zero-order valence-corrected chi connectivity index (χ0v) is 17.0. The fraction of sp³-hybridized carbons (Fsp3) is 0.286. The molecule has 0 spiro atoms. The van der Waals surface area contributed by atoms with Crippen molar-refractivity contribution in [3.05, 3.63) is 75.9 Å². The third-order valence-electron chi connectivity index (χ3n) is 4.62. The number of carbonyl (C=O) groups is 1. The van der Waals surface area contributed by atoms with Crippen molar-refractivity contribution in [3.63, 3.8) is 0 Å². The molecule has 4 nitrogen and oxygen atoms in total. The van der Waals surface area contributed by atoms with Crippen molar-refractivity contribution in [2.24, 2.45) is 0 Å². The molecule has 1 aliphatic rings. The predicted octanol–water partition coefficient (Wildman–Crippen LogP) is 5.11. The summed E-state index contributed by atoms with van der Waals surface area (Å²) in [6.45, 7) is 1.13. The van der Waals surface area contributed by atoms with Crippen LogP contribution in [0.3, 0.4) is 0 Å². The van der Waals surface area contributed by atoms with E-state index in [4.69, 9.17) is 23.2 Å². The molecule has 1 heterocycles. The molecule has 0 atom stereocenters. The highest BCUT2D eigenvalue weighted by Crippen LogP contribution is 2.23. The molecular formula is C21H20Cl2F2N2O2. The van der Waals surface area contributed by atoms with Crippen LogP contribution in [0, 0.1) is 0 Å². The van der Waals surface area contributed by atoms with Crippen LogP contribution in [0.1, 0.15) is 15.9 Å². The molecule has 0 unspecified atom stereocenters. The van der Waals surface area contributed by atoms with Crippen LogP contribution in [0.15, 0.2) is 54.7 Å². The second-order valence-electron chi connectivity index (χ2n) is 6.63. The van der Waals surface area contributed by atoms with Crippen molar-refractivity contribution < 1.29 is 18.3 Å². The first-order valence-corrected chi connectivity index (χ1v) is 9.84. The molecule has 3 rings (SSSR count). The molecule has 2 aromatic carbocycles. The summed E-state index contributed by atoms with van der Waals surface area (Å²) in [5.74, 6) is -0.165. The SMILES string of the molecule is O=C(/C=C/N1CCN(Cc2ccc(Cl)cc2Cl)CC1)c1ccc(OC(F)F)cc1. The van der Waals surface area contributed by atoms with Gasteiger partial charge < -0.3 is 9.64 Å². The number of piperazine rings is 1. The smallest absolute Gasteiger partial charge is 0.387 e. The molecule has 1 saturated heterocycles.